The van der Waals surface area contributed by atoms with E-state index < -0.39 is 42.9 Å². The van der Waals surface area contributed by atoms with Gasteiger partial charge in [-0.05, 0) is 92.4 Å². The lowest BCUT2D eigenvalue weighted by atomic mass is 9.43. The number of esters is 1. The Bertz CT molecular complexity index is 968. The van der Waals surface area contributed by atoms with E-state index in [0.29, 0.717) is 18.4 Å². The Kier molecular flexibility index (Phi) is 6.78. The van der Waals surface area contributed by atoms with Crippen molar-refractivity contribution >= 4 is 5.97 Å². The summed E-state index contributed by atoms with van der Waals surface area (Å²) in [6, 6.07) is 0. The van der Waals surface area contributed by atoms with Crippen LogP contribution >= 0.6 is 0 Å². The number of carbonyl (C=O) groups excluding carboxylic acids is 1. The molecule has 0 spiro atoms. The van der Waals surface area contributed by atoms with Crippen LogP contribution in [0.5, 0.6) is 0 Å². The highest BCUT2D eigenvalue weighted by atomic mass is 16.7. The quantitative estimate of drug-likeness (QED) is 0.266. The van der Waals surface area contributed by atoms with E-state index in [-0.39, 0.29) is 34.7 Å². The lowest BCUT2D eigenvalue weighted by molar-refractivity contribution is -0.317. The number of aliphatic hydroxyl groups is 5. The van der Waals surface area contributed by atoms with Gasteiger partial charge in [0, 0.05) is 11.5 Å². The molecule has 4 aliphatic carbocycles. The predicted octanol–water partition coefficient (Wildman–Crippen LogP) is 1.43. The van der Waals surface area contributed by atoms with Crippen molar-refractivity contribution < 1.29 is 44.5 Å². The van der Waals surface area contributed by atoms with Gasteiger partial charge in [-0.25, -0.2) is 4.79 Å². The Balaban J connectivity index is 1.15. The minimum Gasteiger partial charge on any atom is -0.458 e. The van der Waals surface area contributed by atoms with Gasteiger partial charge in [0.15, 0.2) is 6.29 Å². The number of fused-ring (bicyclic) bond motifs is 5. The number of cyclic esters (lactones) is 1. The van der Waals surface area contributed by atoms with Crippen LogP contribution in [-0.2, 0) is 19.0 Å². The zero-order chi connectivity index (χ0) is 27.0. The van der Waals surface area contributed by atoms with E-state index in [1.54, 1.807) is 6.08 Å². The maximum atomic E-state index is 12.4. The predicted molar refractivity (Wildman–Crippen MR) is 134 cm³/mol. The molecule has 4 saturated carbocycles. The fourth-order valence-corrected chi connectivity index (χ4v) is 9.86. The minimum atomic E-state index is -1.44. The molecule has 6 aliphatic rings. The molecule has 5 N–H and O–H groups in total. The van der Waals surface area contributed by atoms with Crippen LogP contribution in [0.15, 0.2) is 11.6 Å². The van der Waals surface area contributed by atoms with Gasteiger partial charge in [0.25, 0.3) is 0 Å². The van der Waals surface area contributed by atoms with Crippen LogP contribution in [0, 0.1) is 34.5 Å². The van der Waals surface area contributed by atoms with Crippen LogP contribution in [0.2, 0.25) is 0 Å². The molecule has 9 nitrogen and oxygen atoms in total. The van der Waals surface area contributed by atoms with Crippen molar-refractivity contribution in [2.75, 3.05) is 13.2 Å². The first-order valence-corrected chi connectivity index (χ1v) is 14.6. The van der Waals surface area contributed by atoms with Gasteiger partial charge in [-0.15, -0.1) is 0 Å². The molecule has 0 aromatic rings. The SMILES string of the molecule is CC12CCC(O[C@H]3O[C@H](CO)[C@H](O)[C@H](O)[C@H]3O)CC1CCC1C2CC[C@]2(C)C(C3=CC(=O)OC3)CCC12O. The molecule has 7 unspecified atom stereocenters. The van der Waals surface area contributed by atoms with Crippen molar-refractivity contribution in [3.63, 3.8) is 0 Å². The van der Waals surface area contributed by atoms with Gasteiger partial charge in [-0.2, -0.15) is 0 Å². The van der Waals surface area contributed by atoms with Crippen LogP contribution in [0.3, 0.4) is 0 Å². The standard InChI is InChI=1S/C29H44O9/c1-27-8-5-17(37-26-25(34)24(33)23(32)21(13-30)38-26)12-16(27)3-4-20-19(27)6-9-28(2)18(7-10-29(20,28)35)15-11-22(31)36-14-15/h11,16-21,23-26,30,32-35H,3-10,12-14H2,1-2H3/t16?,17?,18?,19?,20?,21-,23+,24+,25-,26+,27?,28-,29?/m1/s1. The zero-order valence-electron chi connectivity index (χ0n) is 22.5. The molecular weight excluding hydrogens is 492 g/mol. The van der Waals surface area contributed by atoms with E-state index in [1.807, 2.05) is 0 Å². The van der Waals surface area contributed by atoms with Gasteiger partial charge in [0.2, 0.25) is 0 Å². The number of hydrogen-bond acceptors (Lipinski definition) is 9. The largest absolute Gasteiger partial charge is 0.458 e. The summed E-state index contributed by atoms with van der Waals surface area (Å²) in [6.07, 6.45) is 3.41. The summed E-state index contributed by atoms with van der Waals surface area (Å²) in [5.74, 6) is 0.994. The fourth-order valence-electron chi connectivity index (χ4n) is 9.86. The zero-order valence-corrected chi connectivity index (χ0v) is 22.5. The normalized spacial score (nSPS) is 54.5. The van der Waals surface area contributed by atoms with E-state index in [4.69, 9.17) is 14.2 Å². The average molecular weight is 537 g/mol. The average Bonchev–Trinajstić information content (AvgIpc) is 3.44. The smallest absolute Gasteiger partial charge is 0.331 e. The van der Waals surface area contributed by atoms with Crippen LogP contribution in [0.4, 0.5) is 0 Å². The Morgan fingerprint density at radius 3 is 2.47 bits per heavy atom. The third-order valence-electron chi connectivity index (χ3n) is 12.1. The van der Waals surface area contributed by atoms with Gasteiger partial charge in [-0.3, -0.25) is 0 Å². The Morgan fingerprint density at radius 2 is 1.76 bits per heavy atom. The molecule has 9 heteroatoms. The summed E-state index contributed by atoms with van der Waals surface area (Å²) in [7, 11) is 0. The molecule has 13 atom stereocenters. The molecule has 5 fully saturated rings. The lowest BCUT2D eigenvalue weighted by Crippen LogP contribution is -2.63. The third-order valence-corrected chi connectivity index (χ3v) is 12.1. The van der Waals surface area contributed by atoms with E-state index in [9.17, 15) is 30.3 Å². The second-order valence-corrected chi connectivity index (χ2v) is 13.5. The molecule has 0 bridgehead atoms. The van der Waals surface area contributed by atoms with Gasteiger partial charge < -0.3 is 39.7 Å². The summed E-state index contributed by atoms with van der Waals surface area (Å²) in [6.45, 7) is 4.52. The van der Waals surface area contributed by atoms with E-state index in [0.717, 1.165) is 63.4 Å². The summed E-state index contributed by atoms with van der Waals surface area (Å²) < 4.78 is 17.0. The van der Waals surface area contributed by atoms with E-state index in [1.165, 1.54) is 0 Å². The summed E-state index contributed by atoms with van der Waals surface area (Å²) in [5.41, 5.74) is 0.141. The molecule has 2 aliphatic heterocycles. The molecule has 0 aromatic carbocycles. The molecule has 0 amide bonds. The van der Waals surface area contributed by atoms with Crippen LogP contribution < -0.4 is 0 Å². The highest BCUT2D eigenvalue weighted by Crippen LogP contribution is 2.70. The van der Waals surface area contributed by atoms with Gasteiger partial charge >= 0.3 is 5.97 Å². The highest BCUT2D eigenvalue weighted by molar-refractivity contribution is 5.85. The minimum absolute atomic E-state index is 0.0823. The van der Waals surface area contributed by atoms with Gasteiger partial charge in [-0.1, -0.05) is 13.8 Å². The number of aliphatic hydroxyl groups excluding tert-OH is 4. The van der Waals surface area contributed by atoms with Crippen molar-refractivity contribution in [3.05, 3.63) is 11.6 Å². The van der Waals surface area contributed by atoms with E-state index in [2.05, 4.69) is 13.8 Å². The van der Waals surface area contributed by atoms with Crippen molar-refractivity contribution in [1.82, 2.24) is 0 Å². The number of carbonyl (C=O) groups is 1. The van der Waals surface area contributed by atoms with Crippen molar-refractivity contribution in [1.29, 1.82) is 0 Å². The molecule has 0 aromatic heterocycles. The molecule has 214 valence electrons. The first-order chi connectivity index (χ1) is 18.0. The Morgan fingerprint density at radius 1 is 0.974 bits per heavy atom. The van der Waals surface area contributed by atoms with Crippen LogP contribution in [0.1, 0.15) is 71.6 Å². The third kappa shape index (κ3) is 3.87. The number of rotatable bonds is 4. The second kappa shape index (κ2) is 9.50. The lowest BCUT2D eigenvalue weighted by Gasteiger charge is -2.64. The van der Waals surface area contributed by atoms with Crippen LogP contribution in [0.25, 0.3) is 0 Å². The summed E-state index contributed by atoms with van der Waals surface area (Å²) in [5, 5.41) is 52.6. The number of ether oxygens (including phenoxy) is 3. The van der Waals surface area contributed by atoms with Gasteiger partial charge in [0.05, 0.1) is 18.3 Å². The molecule has 6 rings (SSSR count). The molecular formula is C29H44O9. The van der Waals surface area contributed by atoms with E-state index >= 15 is 0 Å². The maximum Gasteiger partial charge on any atom is 0.331 e. The van der Waals surface area contributed by atoms with Crippen LogP contribution in [-0.4, -0.2) is 87.1 Å². The highest BCUT2D eigenvalue weighted by Gasteiger charge is 2.67. The van der Waals surface area contributed by atoms with Crippen molar-refractivity contribution in [2.24, 2.45) is 34.5 Å². The fraction of sp³-hybridized carbons (Fsp3) is 0.897. The van der Waals surface area contributed by atoms with Crippen molar-refractivity contribution in [3.8, 4) is 0 Å². The van der Waals surface area contributed by atoms with Gasteiger partial charge in [0.1, 0.15) is 31.0 Å². The monoisotopic (exact) mass is 536 g/mol. The number of hydrogen-bond donors (Lipinski definition) is 5. The Hall–Kier alpha value is -1.07. The molecule has 38 heavy (non-hydrogen) atoms. The maximum absolute atomic E-state index is 12.4. The second-order valence-electron chi connectivity index (χ2n) is 13.5. The topological polar surface area (TPSA) is 146 Å². The first-order valence-electron chi connectivity index (χ1n) is 14.6. The molecule has 1 saturated heterocycles. The van der Waals surface area contributed by atoms with Crippen molar-refractivity contribution in [2.45, 2.75) is 114 Å². The summed E-state index contributed by atoms with van der Waals surface area (Å²) in [4.78, 5) is 11.8. The Labute approximate surface area is 224 Å². The molecule has 2 heterocycles. The molecule has 0 radical (unpaired) electrons. The summed E-state index contributed by atoms with van der Waals surface area (Å²) >= 11 is 0. The first kappa shape index (κ1) is 27.1.